The molecule has 58 heavy (non-hydrogen) atoms. The molecular weight excluding hydrogens is 769 g/mol. The predicted octanol–water partition coefficient (Wildman–Crippen LogP) is 13.6. The molecule has 1 nitrogen and oxygen atoms in total. The highest BCUT2D eigenvalue weighted by atomic mass is 19.2. The predicted molar refractivity (Wildman–Crippen MR) is 203 cm³/mol. The second-order valence-corrected chi connectivity index (χ2v) is 17.1. The number of hydrogen-bond acceptors (Lipinski definition) is 1. The van der Waals surface area contributed by atoms with Gasteiger partial charge in [0.15, 0.2) is 46.5 Å². The van der Waals surface area contributed by atoms with E-state index in [1.807, 2.05) is 0 Å². The number of nitrogens with zero attached hydrogens (tertiary/aromatic N) is 1. The maximum Gasteiger partial charge on any atom is 0.200 e. The molecule has 6 aromatic rings. The van der Waals surface area contributed by atoms with E-state index in [0.29, 0.717) is 59.3 Å². The standard InChI is InChI=1S/C47H35F10N/c1-46(2,3)25-15-24(16-26(19-25)47(4,5)6)31-27-13-11-20-7-9-22(32-34(48)38(52)42(56)39(53)35(32)49)17-29(20)44(27)58-45-28(31)14-12-21-8-10-23(18-30(21)45)33-36(50)40(54)43(57)41(55)37(33)51/h7-10,15-19H,11-14H2,1-6H3. The molecule has 0 saturated carbocycles. The summed E-state index contributed by atoms with van der Waals surface area (Å²) in [5.41, 5.74) is 4.71. The fourth-order valence-electron chi connectivity index (χ4n) is 8.16. The van der Waals surface area contributed by atoms with Crippen LogP contribution >= 0.6 is 0 Å². The van der Waals surface area contributed by atoms with Crippen molar-refractivity contribution in [2.24, 2.45) is 0 Å². The average Bonchev–Trinajstić information content (AvgIpc) is 3.19. The summed E-state index contributed by atoms with van der Waals surface area (Å²) in [7, 11) is 0. The zero-order chi connectivity index (χ0) is 41.9. The van der Waals surface area contributed by atoms with Gasteiger partial charge in [0.1, 0.15) is 0 Å². The van der Waals surface area contributed by atoms with Crippen molar-refractivity contribution < 1.29 is 43.9 Å². The minimum atomic E-state index is -2.28. The SMILES string of the molecule is CC(C)(C)c1cc(-c2c3c(nc4c2CCc2ccc(-c5c(F)c(F)c(F)c(F)c5F)cc2-4)-c2cc(-c4c(F)c(F)c(F)c(F)c4F)ccc2CC3)cc(C(C)(C)C)c1. The van der Waals surface area contributed by atoms with E-state index in [9.17, 15) is 26.3 Å². The van der Waals surface area contributed by atoms with E-state index in [2.05, 4.69) is 59.7 Å². The molecule has 5 aromatic carbocycles. The lowest BCUT2D eigenvalue weighted by Gasteiger charge is -2.31. The molecule has 8 rings (SSSR count). The van der Waals surface area contributed by atoms with E-state index < -0.39 is 69.3 Å². The van der Waals surface area contributed by atoms with Gasteiger partial charge in [0.25, 0.3) is 0 Å². The van der Waals surface area contributed by atoms with Gasteiger partial charge in [-0.15, -0.1) is 0 Å². The molecule has 0 aliphatic heterocycles. The summed E-state index contributed by atoms with van der Waals surface area (Å²) >= 11 is 0. The van der Waals surface area contributed by atoms with E-state index in [1.165, 1.54) is 24.3 Å². The maximum absolute atomic E-state index is 15.2. The lowest BCUT2D eigenvalue weighted by Crippen LogP contribution is -2.18. The highest BCUT2D eigenvalue weighted by molar-refractivity contribution is 5.90. The molecule has 0 spiro atoms. The monoisotopic (exact) mass is 803 g/mol. The molecule has 0 amide bonds. The van der Waals surface area contributed by atoms with Crippen LogP contribution in [0.5, 0.6) is 0 Å². The molecule has 2 aliphatic rings. The quantitative estimate of drug-likeness (QED) is 0.0987. The highest BCUT2D eigenvalue weighted by Gasteiger charge is 2.34. The van der Waals surface area contributed by atoms with Gasteiger partial charge < -0.3 is 0 Å². The molecule has 0 unspecified atom stereocenters. The van der Waals surface area contributed by atoms with Crippen molar-refractivity contribution in [2.75, 3.05) is 0 Å². The molecule has 1 aromatic heterocycles. The van der Waals surface area contributed by atoms with Crippen LogP contribution < -0.4 is 0 Å². The van der Waals surface area contributed by atoms with Crippen LogP contribution in [0.1, 0.15) is 74.9 Å². The lowest BCUT2D eigenvalue weighted by molar-refractivity contribution is 0.381. The van der Waals surface area contributed by atoms with Crippen LogP contribution in [0.15, 0.2) is 54.6 Å². The zero-order valence-electron chi connectivity index (χ0n) is 32.3. The van der Waals surface area contributed by atoms with Crippen LogP contribution in [0.25, 0.3) is 55.9 Å². The smallest absolute Gasteiger partial charge is 0.200 e. The number of hydrogen-bond donors (Lipinski definition) is 0. The number of rotatable bonds is 3. The Hall–Kier alpha value is -5.45. The molecular formula is C47H35F10N. The number of halogens is 10. The van der Waals surface area contributed by atoms with Gasteiger partial charge in [-0.25, -0.2) is 48.9 Å². The largest absolute Gasteiger partial charge is 0.247 e. The normalized spacial score (nSPS) is 13.6. The molecule has 0 radical (unpaired) electrons. The molecule has 298 valence electrons. The summed E-state index contributed by atoms with van der Waals surface area (Å²) in [6.07, 6.45) is 1.81. The van der Waals surface area contributed by atoms with Gasteiger partial charge in [0.05, 0.1) is 22.5 Å². The van der Waals surface area contributed by atoms with E-state index >= 15 is 17.6 Å². The number of fused-ring (bicyclic) bond motifs is 6. The van der Waals surface area contributed by atoms with Crippen LogP contribution in [0, 0.1) is 58.2 Å². The Labute approximate surface area is 328 Å². The first-order chi connectivity index (χ1) is 27.2. The van der Waals surface area contributed by atoms with Gasteiger partial charge in [-0.05, 0) is 104 Å². The molecule has 0 fully saturated rings. The van der Waals surface area contributed by atoms with Gasteiger partial charge >= 0.3 is 0 Å². The van der Waals surface area contributed by atoms with Gasteiger partial charge in [0, 0.05) is 11.1 Å². The molecule has 11 heteroatoms. The van der Waals surface area contributed by atoms with Crippen molar-refractivity contribution in [1.82, 2.24) is 4.98 Å². The molecule has 0 bridgehead atoms. The zero-order valence-corrected chi connectivity index (χ0v) is 32.3. The van der Waals surface area contributed by atoms with Crippen LogP contribution in [0.3, 0.4) is 0 Å². The molecule has 1 heterocycles. The van der Waals surface area contributed by atoms with Gasteiger partial charge in [-0.2, -0.15) is 0 Å². The average molecular weight is 804 g/mol. The Bertz CT molecular complexity index is 2520. The summed E-state index contributed by atoms with van der Waals surface area (Å²) in [6, 6.07) is 14.7. The van der Waals surface area contributed by atoms with Crippen LogP contribution in [0.2, 0.25) is 0 Å². The number of aryl methyl sites for hydroxylation is 2. The third-order valence-corrected chi connectivity index (χ3v) is 11.4. The molecule has 0 atom stereocenters. The van der Waals surface area contributed by atoms with Crippen molar-refractivity contribution in [1.29, 1.82) is 0 Å². The van der Waals surface area contributed by atoms with Crippen LogP contribution in [-0.4, -0.2) is 4.98 Å². The third-order valence-electron chi connectivity index (χ3n) is 11.4. The van der Waals surface area contributed by atoms with Crippen molar-refractivity contribution in [2.45, 2.75) is 78.1 Å². The number of aromatic nitrogens is 1. The van der Waals surface area contributed by atoms with Crippen LogP contribution in [0.4, 0.5) is 43.9 Å². The lowest BCUT2D eigenvalue weighted by atomic mass is 9.74. The Balaban J connectivity index is 1.46. The Kier molecular flexibility index (Phi) is 9.21. The first kappa shape index (κ1) is 39.4. The fourth-order valence-corrected chi connectivity index (χ4v) is 8.16. The van der Waals surface area contributed by atoms with Gasteiger partial charge in [0.2, 0.25) is 11.6 Å². The Morgan fingerprint density at radius 1 is 0.379 bits per heavy atom. The first-order valence-electron chi connectivity index (χ1n) is 18.7. The van der Waals surface area contributed by atoms with Gasteiger partial charge in [-0.3, -0.25) is 0 Å². The van der Waals surface area contributed by atoms with Crippen molar-refractivity contribution in [3.8, 4) is 55.9 Å². The minimum Gasteiger partial charge on any atom is -0.247 e. The second-order valence-electron chi connectivity index (χ2n) is 17.1. The van der Waals surface area contributed by atoms with E-state index in [4.69, 9.17) is 4.98 Å². The van der Waals surface area contributed by atoms with Crippen molar-refractivity contribution in [3.63, 3.8) is 0 Å². The minimum absolute atomic E-state index is 0.279. The summed E-state index contributed by atoms with van der Waals surface area (Å²) in [4.78, 5) is 5.13. The second kappa shape index (κ2) is 13.6. The molecule has 2 aliphatic carbocycles. The Morgan fingerprint density at radius 3 is 1.07 bits per heavy atom. The Morgan fingerprint density at radius 2 is 0.724 bits per heavy atom. The van der Waals surface area contributed by atoms with Crippen molar-refractivity contribution >= 4 is 0 Å². The fraction of sp³-hybridized carbons (Fsp3) is 0.255. The summed E-state index contributed by atoms with van der Waals surface area (Å²) < 4.78 is 147. The topological polar surface area (TPSA) is 12.9 Å². The van der Waals surface area contributed by atoms with E-state index in [-0.39, 0.29) is 22.0 Å². The third kappa shape index (κ3) is 6.11. The van der Waals surface area contributed by atoms with E-state index in [0.717, 1.165) is 33.4 Å². The van der Waals surface area contributed by atoms with Crippen LogP contribution in [-0.2, 0) is 36.5 Å². The molecule has 0 N–H and O–H groups in total. The van der Waals surface area contributed by atoms with E-state index in [1.54, 1.807) is 12.1 Å². The highest BCUT2D eigenvalue weighted by Crippen LogP contribution is 2.49. The summed E-state index contributed by atoms with van der Waals surface area (Å²) in [5, 5.41) is 0. The molecule has 0 saturated heterocycles. The first-order valence-corrected chi connectivity index (χ1v) is 18.7. The van der Waals surface area contributed by atoms with Crippen molar-refractivity contribution in [3.05, 3.63) is 146 Å². The number of pyridine rings is 1. The van der Waals surface area contributed by atoms with Gasteiger partial charge in [-0.1, -0.05) is 84.0 Å². The summed E-state index contributed by atoms with van der Waals surface area (Å²) in [6.45, 7) is 12.5. The maximum atomic E-state index is 15.2. The summed E-state index contributed by atoms with van der Waals surface area (Å²) in [5.74, 6) is -20.9. The number of benzene rings is 5.